The highest BCUT2D eigenvalue weighted by Gasteiger charge is 2.17. The minimum atomic E-state index is 0.439. The average Bonchev–Trinajstić information content (AvgIpc) is 2.83. The van der Waals surface area contributed by atoms with Crippen LogP contribution >= 0.6 is 11.8 Å². The van der Waals surface area contributed by atoms with Crippen LogP contribution in [0.4, 0.5) is 0 Å². The number of rotatable bonds is 5. The summed E-state index contributed by atoms with van der Waals surface area (Å²) in [5, 5.41) is 21.2. The first-order chi connectivity index (χ1) is 8.99. The Balaban J connectivity index is 2.26. The number of hydrogen-bond acceptors (Lipinski definition) is 6. The van der Waals surface area contributed by atoms with E-state index in [1.54, 1.807) is 4.68 Å². The van der Waals surface area contributed by atoms with Gasteiger partial charge in [-0.15, -0.1) is 5.10 Å². The predicted octanol–water partition coefficient (Wildman–Crippen LogP) is 0.901. The Morgan fingerprint density at radius 3 is 2.58 bits per heavy atom. The smallest absolute Gasteiger partial charge is 0.215 e. The van der Waals surface area contributed by atoms with Gasteiger partial charge in [-0.3, -0.25) is 4.68 Å². The van der Waals surface area contributed by atoms with Crippen LogP contribution in [0, 0.1) is 6.92 Å². The summed E-state index contributed by atoms with van der Waals surface area (Å²) in [6.45, 7) is 7.08. The second-order valence-electron chi connectivity index (χ2n) is 4.72. The maximum absolute atomic E-state index is 4.48. The Labute approximate surface area is 116 Å². The van der Waals surface area contributed by atoms with Gasteiger partial charge in [0.05, 0.1) is 5.69 Å². The third kappa shape index (κ3) is 3.13. The molecule has 0 aliphatic heterocycles. The van der Waals surface area contributed by atoms with Gasteiger partial charge in [0.2, 0.25) is 5.16 Å². The molecule has 7 nitrogen and oxygen atoms in total. The van der Waals surface area contributed by atoms with Crippen molar-refractivity contribution < 1.29 is 0 Å². The Hall–Kier alpha value is -1.41. The summed E-state index contributed by atoms with van der Waals surface area (Å²) < 4.78 is 3.54. The minimum absolute atomic E-state index is 0.439. The predicted molar refractivity (Wildman–Crippen MR) is 72.8 cm³/mol. The van der Waals surface area contributed by atoms with Crippen molar-refractivity contribution >= 4 is 11.8 Å². The quantitative estimate of drug-likeness (QED) is 0.878. The molecule has 0 bridgehead atoms. The normalized spacial score (nSPS) is 11.5. The van der Waals surface area contributed by atoms with E-state index in [1.165, 1.54) is 17.3 Å². The van der Waals surface area contributed by atoms with Crippen LogP contribution < -0.4 is 5.32 Å². The molecule has 0 aromatic carbocycles. The molecule has 19 heavy (non-hydrogen) atoms. The first kappa shape index (κ1) is 14.0. The lowest BCUT2D eigenvalue weighted by atomic mass is 10.2. The van der Waals surface area contributed by atoms with E-state index in [2.05, 4.69) is 39.8 Å². The van der Waals surface area contributed by atoms with Crippen LogP contribution in [0.1, 0.15) is 25.1 Å². The molecule has 0 aliphatic carbocycles. The van der Waals surface area contributed by atoms with Gasteiger partial charge in [-0.25, -0.2) is 4.68 Å². The summed E-state index contributed by atoms with van der Waals surface area (Å²) in [6, 6.07) is 0.439. The van der Waals surface area contributed by atoms with Crippen molar-refractivity contribution in [2.24, 2.45) is 14.1 Å². The standard InChI is InChI=1S/C11H19N7S/c1-7(2)12-6-9-8(3)14-17(4)10(9)19-11-13-15-16-18(11)5/h7,12H,6H2,1-5H3. The third-order valence-corrected chi connectivity index (χ3v) is 3.98. The molecule has 2 aromatic rings. The van der Waals surface area contributed by atoms with E-state index in [4.69, 9.17) is 0 Å². The zero-order valence-electron chi connectivity index (χ0n) is 11.9. The van der Waals surface area contributed by atoms with Crippen molar-refractivity contribution in [2.75, 3.05) is 0 Å². The van der Waals surface area contributed by atoms with Crippen LogP contribution in [-0.2, 0) is 20.6 Å². The van der Waals surface area contributed by atoms with Crippen molar-refractivity contribution in [3.63, 3.8) is 0 Å². The molecule has 0 fully saturated rings. The van der Waals surface area contributed by atoms with E-state index < -0.39 is 0 Å². The molecule has 104 valence electrons. The summed E-state index contributed by atoms with van der Waals surface area (Å²) in [6.07, 6.45) is 0. The third-order valence-electron chi connectivity index (χ3n) is 2.75. The number of tetrazole rings is 1. The van der Waals surface area contributed by atoms with Crippen LogP contribution in [0.15, 0.2) is 10.2 Å². The lowest BCUT2D eigenvalue weighted by molar-refractivity contribution is 0.579. The molecule has 0 spiro atoms. The monoisotopic (exact) mass is 281 g/mol. The number of aromatic nitrogens is 6. The average molecular weight is 281 g/mol. The van der Waals surface area contributed by atoms with Gasteiger partial charge in [0.1, 0.15) is 5.03 Å². The van der Waals surface area contributed by atoms with E-state index >= 15 is 0 Å². The fourth-order valence-corrected chi connectivity index (χ4v) is 2.65. The molecule has 0 aliphatic rings. The number of aryl methyl sites for hydroxylation is 3. The maximum Gasteiger partial charge on any atom is 0.215 e. The summed E-state index contributed by atoms with van der Waals surface area (Å²) in [7, 11) is 3.77. The Kier molecular flexibility index (Phi) is 4.20. The van der Waals surface area contributed by atoms with Crippen LogP contribution in [0.5, 0.6) is 0 Å². The molecule has 2 heterocycles. The largest absolute Gasteiger partial charge is 0.310 e. The fourth-order valence-electron chi connectivity index (χ4n) is 1.71. The molecule has 0 amide bonds. The maximum atomic E-state index is 4.48. The second-order valence-corrected chi connectivity index (χ2v) is 5.67. The first-order valence-electron chi connectivity index (χ1n) is 6.15. The molecule has 8 heteroatoms. The SMILES string of the molecule is Cc1nn(C)c(Sc2nnnn2C)c1CNC(C)C. The molecule has 1 N–H and O–H groups in total. The molecule has 0 unspecified atom stereocenters. The van der Waals surface area contributed by atoms with Gasteiger partial charge >= 0.3 is 0 Å². The highest BCUT2D eigenvalue weighted by Crippen LogP contribution is 2.29. The van der Waals surface area contributed by atoms with Crippen molar-refractivity contribution in [1.29, 1.82) is 0 Å². The van der Waals surface area contributed by atoms with Crippen molar-refractivity contribution in [1.82, 2.24) is 35.3 Å². The number of nitrogens with zero attached hydrogens (tertiary/aromatic N) is 6. The van der Waals surface area contributed by atoms with Crippen LogP contribution in [-0.4, -0.2) is 36.0 Å². The van der Waals surface area contributed by atoms with Crippen LogP contribution in [0.3, 0.4) is 0 Å². The molecular weight excluding hydrogens is 262 g/mol. The van der Waals surface area contributed by atoms with Crippen molar-refractivity contribution in [2.45, 2.75) is 43.5 Å². The number of hydrogen-bond donors (Lipinski definition) is 1. The second kappa shape index (κ2) is 5.70. The zero-order chi connectivity index (χ0) is 14.0. The van der Waals surface area contributed by atoms with Crippen molar-refractivity contribution in [3.8, 4) is 0 Å². The highest BCUT2D eigenvalue weighted by atomic mass is 32.2. The van der Waals surface area contributed by atoms with E-state index in [-0.39, 0.29) is 0 Å². The molecule has 2 aromatic heterocycles. The van der Waals surface area contributed by atoms with Gasteiger partial charge in [-0.1, -0.05) is 13.8 Å². The lowest BCUT2D eigenvalue weighted by Crippen LogP contribution is -2.22. The van der Waals surface area contributed by atoms with Crippen LogP contribution in [0.25, 0.3) is 0 Å². The lowest BCUT2D eigenvalue weighted by Gasteiger charge is -2.09. The van der Waals surface area contributed by atoms with Crippen molar-refractivity contribution in [3.05, 3.63) is 11.3 Å². The topological polar surface area (TPSA) is 73.5 Å². The van der Waals surface area contributed by atoms with E-state index in [9.17, 15) is 0 Å². The molecule has 0 atom stereocenters. The Morgan fingerprint density at radius 2 is 2.00 bits per heavy atom. The van der Waals surface area contributed by atoms with Gasteiger partial charge in [-0.2, -0.15) is 5.10 Å². The zero-order valence-corrected chi connectivity index (χ0v) is 12.7. The van der Waals surface area contributed by atoms with E-state index in [0.29, 0.717) is 6.04 Å². The Bertz CT molecular complexity index is 557. The van der Waals surface area contributed by atoms with E-state index in [1.807, 2.05) is 25.7 Å². The van der Waals surface area contributed by atoms with Crippen LogP contribution in [0.2, 0.25) is 0 Å². The summed E-state index contributed by atoms with van der Waals surface area (Å²) in [5.41, 5.74) is 2.23. The van der Waals surface area contributed by atoms with Gasteiger partial charge in [0, 0.05) is 32.2 Å². The summed E-state index contributed by atoms with van der Waals surface area (Å²) in [5.74, 6) is 0. The highest BCUT2D eigenvalue weighted by molar-refractivity contribution is 7.99. The van der Waals surface area contributed by atoms with E-state index in [0.717, 1.165) is 22.4 Å². The van der Waals surface area contributed by atoms with Gasteiger partial charge in [-0.05, 0) is 29.1 Å². The minimum Gasteiger partial charge on any atom is -0.310 e. The first-order valence-corrected chi connectivity index (χ1v) is 6.96. The fraction of sp³-hybridized carbons (Fsp3) is 0.636. The van der Waals surface area contributed by atoms with Gasteiger partial charge in [0.25, 0.3) is 0 Å². The number of nitrogens with one attached hydrogen (secondary N) is 1. The summed E-state index contributed by atoms with van der Waals surface area (Å²) >= 11 is 1.53. The molecule has 0 saturated heterocycles. The Morgan fingerprint density at radius 1 is 1.26 bits per heavy atom. The van der Waals surface area contributed by atoms with Gasteiger partial charge < -0.3 is 5.32 Å². The molecule has 2 rings (SSSR count). The summed E-state index contributed by atoms with van der Waals surface area (Å²) in [4.78, 5) is 0. The van der Waals surface area contributed by atoms with Gasteiger partial charge in [0.15, 0.2) is 0 Å². The molecule has 0 saturated carbocycles. The molecular formula is C11H19N7S. The molecule has 0 radical (unpaired) electrons.